The van der Waals surface area contributed by atoms with E-state index in [1.807, 2.05) is 12.1 Å². The van der Waals surface area contributed by atoms with Gasteiger partial charge in [-0.3, -0.25) is 4.79 Å². The van der Waals surface area contributed by atoms with E-state index in [9.17, 15) is 9.59 Å². The van der Waals surface area contributed by atoms with Crippen molar-refractivity contribution < 1.29 is 33.0 Å². The Morgan fingerprint density at radius 1 is 1.12 bits per heavy atom. The lowest BCUT2D eigenvalue weighted by Crippen LogP contribution is -2.16. The van der Waals surface area contributed by atoms with Gasteiger partial charge in [-0.2, -0.15) is 5.10 Å². The van der Waals surface area contributed by atoms with Gasteiger partial charge in [-0.1, -0.05) is 15.9 Å². The van der Waals surface area contributed by atoms with Crippen molar-refractivity contribution in [1.82, 2.24) is 5.43 Å². The number of hydrazone groups is 1. The lowest BCUT2D eigenvalue weighted by Gasteiger charge is -2.10. The number of halogens is 2. The molecule has 9 nitrogen and oxygen atoms in total. The van der Waals surface area contributed by atoms with E-state index in [0.717, 1.165) is 13.4 Å². The molecule has 34 heavy (non-hydrogen) atoms. The van der Waals surface area contributed by atoms with E-state index in [-0.39, 0.29) is 18.1 Å². The van der Waals surface area contributed by atoms with Crippen molar-refractivity contribution in [2.75, 3.05) is 7.11 Å². The number of hydrogen-bond acceptors (Lipinski definition) is 7. The number of ether oxygens (including phenoxy) is 2. The molecule has 0 aliphatic heterocycles. The van der Waals surface area contributed by atoms with Crippen molar-refractivity contribution in [3.05, 3.63) is 79.4 Å². The predicted octanol–water partition coefficient (Wildman–Crippen LogP) is 5.44. The molecule has 2 aromatic heterocycles. The van der Waals surface area contributed by atoms with Crippen LogP contribution in [-0.2, 0) is 6.61 Å². The molecule has 0 bridgehead atoms. The lowest BCUT2D eigenvalue weighted by atomic mass is 10.2. The number of carbonyl (C=O) groups is 2. The van der Waals surface area contributed by atoms with Crippen molar-refractivity contribution >= 4 is 67.6 Å². The average Bonchev–Trinajstić information content (AvgIpc) is 3.45. The maximum absolute atomic E-state index is 12.4. The van der Waals surface area contributed by atoms with Gasteiger partial charge in [-0.25, -0.2) is 10.2 Å². The molecule has 0 radical (unpaired) electrons. The monoisotopic (exact) mass is 638 g/mol. The number of carboxylic acids is 1. The largest absolute Gasteiger partial charge is 0.493 e. The van der Waals surface area contributed by atoms with Crippen LogP contribution >= 0.6 is 38.5 Å². The Morgan fingerprint density at radius 3 is 2.68 bits per heavy atom. The number of methoxy groups -OCH3 is 1. The summed E-state index contributed by atoms with van der Waals surface area (Å²) in [4.78, 5) is 23.3. The summed E-state index contributed by atoms with van der Waals surface area (Å²) in [5.41, 5.74) is 3.73. The van der Waals surface area contributed by atoms with E-state index >= 15 is 0 Å². The molecule has 11 heteroatoms. The molecule has 4 aromatic rings. The van der Waals surface area contributed by atoms with Gasteiger partial charge in [0.15, 0.2) is 17.3 Å². The third-order valence-corrected chi connectivity index (χ3v) is 5.83. The number of benzene rings is 2. The fourth-order valence-corrected chi connectivity index (χ4v) is 4.67. The number of carboxylic acid groups (broad SMARTS) is 1. The predicted molar refractivity (Wildman–Crippen MR) is 135 cm³/mol. The van der Waals surface area contributed by atoms with Crippen LogP contribution in [0.5, 0.6) is 11.5 Å². The van der Waals surface area contributed by atoms with Crippen molar-refractivity contribution in [2.45, 2.75) is 6.61 Å². The Labute approximate surface area is 215 Å². The van der Waals surface area contributed by atoms with E-state index in [4.69, 9.17) is 23.4 Å². The fourth-order valence-electron chi connectivity index (χ4n) is 3.01. The molecule has 0 unspecified atom stereocenters. The average molecular weight is 639 g/mol. The van der Waals surface area contributed by atoms with Crippen LogP contribution in [0.3, 0.4) is 0 Å². The number of rotatable bonds is 8. The van der Waals surface area contributed by atoms with Crippen LogP contribution in [0.25, 0.3) is 11.0 Å². The Morgan fingerprint density at radius 2 is 1.94 bits per heavy atom. The summed E-state index contributed by atoms with van der Waals surface area (Å²) in [5, 5.41) is 13.7. The van der Waals surface area contributed by atoms with Crippen molar-refractivity contribution in [3.63, 3.8) is 0 Å². The van der Waals surface area contributed by atoms with Gasteiger partial charge in [0.2, 0.25) is 5.76 Å². The number of aromatic carboxylic acids is 1. The van der Waals surface area contributed by atoms with Crippen LogP contribution in [0.1, 0.15) is 32.4 Å². The van der Waals surface area contributed by atoms with Gasteiger partial charge in [-0.05, 0) is 76.7 Å². The highest BCUT2D eigenvalue weighted by Crippen LogP contribution is 2.29. The molecular weight excluding hydrogens is 623 g/mol. The number of nitrogens with one attached hydrogen (secondary N) is 1. The first-order valence-electron chi connectivity index (χ1n) is 9.69. The molecule has 2 heterocycles. The number of carbonyl (C=O) groups excluding carboxylic acids is 1. The van der Waals surface area contributed by atoms with Crippen molar-refractivity contribution in [1.29, 1.82) is 0 Å². The first-order valence-corrected chi connectivity index (χ1v) is 11.6. The summed E-state index contributed by atoms with van der Waals surface area (Å²) in [6.07, 6.45) is 1.46. The van der Waals surface area contributed by atoms with Gasteiger partial charge in [0.25, 0.3) is 0 Å². The van der Waals surface area contributed by atoms with Crippen LogP contribution in [0, 0.1) is 3.57 Å². The highest BCUT2D eigenvalue weighted by atomic mass is 127. The standard InChI is InChI=1S/C23H16BrIN2O7/c1-31-19-6-12(2-4-17(19)32-11-15-3-5-18(33-15)23(29)30)10-26-27-22(28)20-8-13-7-14(24)9-16(25)21(13)34-20/h2-10H,11H2,1H3,(H,27,28)(H,29,30)/b26-10-. The molecule has 0 spiro atoms. The van der Waals surface area contributed by atoms with Crippen LogP contribution in [0.15, 0.2) is 66.9 Å². The second-order valence-electron chi connectivity index (χ2n) is 6.89. The number of fused-ring (bicyclic) bond motifs is 1. The Kier molecular flexibility index (Phi) is 7.22. The van der Waals surface area contributed by atoms with E-state index in [2.05, 4.69) is 49.0 Å². The zero-order valence-electron chi connectivity index (χ0n) is 17.5. The van der Waals surface area contributed by atoms with Gasteiger partial charge >= 0.3 is 11.9 Å². The SMILES string of the molecule is COc1cc(/C=N\NC(=O)c2cc3cc(Br)cc(I)c3o2)ccc1OCc1ccc(C(=O)O)o1. The summed E-state index contributed by atoms with van der Waals surface area (Å²) in [7, 11) is 1.49. The minimum Gasteiger partial charge on any atom is -0.493 e. The Bertz CT molecular complexity index is 1410. The fraction of sp³-hybridized carbons (Fsp3) is 0.0870. The van der Waals surface area contributed by atoms with Crippen LogP contribution < -0.4 is 14.9 Å². The number of nitrogens with zero attached hydrogens (tertiary/aromatic N) is 1. The molecule has 0 aliphatic carbocycles. The molecular formula is C23H16BrIN2O7. The van der Waals surface area contributed by atoms with Gasteiger partial charge in [0.05, 0.1) is 16.9 Å². The molecule has 0 aliphatic rings. The molecule has 1 amide bonds. The van der Waals surface area contributed by atoms with Crippen LogP contribution in [0.2, 0.25) is 0 Å². The topological polar surface area (TPSA) is 124 Å². The van der Waals surface area contributed by atoms with Crippen molar-refractivity contribution in [3.8, 4) is 11.5 Å². The first-order chi connectivity index (χ1) is 16.3. The molecule has 0 saturated carbocycles. The number of hydrogen-bond donors (Lipinski definition) is 2. The molecule has 2 N–H and O–H groups in total. The maximum Gasteiger partial charge on any atom is 0.371 e. The number of amides is 1. The summed E-state index contributed by atoms with van der Waals surface area (Å²) in [5.74, 6) is -0.427. The van der Waals surface area contributed by atoms with Gasteiger partial charge in [0, 0.05) is 9.86 Å². The van der Waals surface area contributed by atoms with E-state index < -0.39 is 11.9 Å². The zero-order valence-corrected chi connectivity index (χ0v) is 21.2. The quantitative estimate of drug-likeness (QED) is 0.150. The second kappa shape index (κ2) is 10.3. The molecule has 0 saturated heterocycles. The smallest absolute Gasteiger partial charge is 0.371 e. The van der Waals surface area contributed by atoms with Gasteiger partial charge in [0.1, 0.15) is 18.0 Å². The molecule has 174 valence electrons. The minimum absolute atomic E-state index is 0.0279. The first kappa shape index (κ1) is 23.8. The zero-order chi connectivity index (χ0) is 24.2. The Hall–Kier alpha value is -3.32. The summed E-state index contributed by atoms with van der Waals surface area (Å²) >= 11 is 5.57. The summed E-state index contributed by atoms with van der Waals surface area (Å²) in [6, 6.07) is 13.4. The highest BCUT2D eigenvalue weighted by molar-refractivity contribution is 14.1. The van der Waals surface area contributed by atoms with E-state index in [1.54, 1.807) is 24.3 Å². The molecule has 2 aromatic carbocycles. The Balaban J connectivity index is 1.40. The van der Waals surface area contributed by atoms with Crippen LogP contribution in [0.4, 0.5) is 0 Å². The minimum atomic E-state index is -1.15. The van der Waals surface area contributed by atoms with Gasteiger partial charge < -0.3 is 23.4 Å². The lowest BCUT2D eigenvalue weighted by molar-refractivity contribution is 0.0657. The molecule has 0 fully saturated rings. The van der Waals surface area contributed by atoms with Crippen LogP contribution in [-0.4, -0.2) is 30.3 Å². The number of furan rings is 2. The normalized spacial score (nSPS) is 11.1. The van der Waals surface area contributed by atoms with E-state index in [0.29, 0.717) is 28.4 Å². The van der Waals surface area contributed by atoms with Gasteiger partial charge in [-0.15, -0.1) is 0 Å². The molecule has 0 atom stereocenters. The second-order valence-corrected chi connectivity index (χ2v) is 8.96. The molecule has 4 rings (SSSR count). The highest BCUT2D eigenvalue weighted by Gasteiger charge is 2.14. The summed E-state index contributed by atoms with van der Waals surface area (Å²) < 4.78 is 23.6. The third-order valence-electron chi connectivity index (χ3n) is 4.57. The van der Waals surface area contributed by atoms with Crippen molar-refractivity contribution in [2.24, 2.45) is 5.10 Å². The summed E-state index contributed by atoms with van der Waals surface area (Å²) in [6.45, 7) is 0.0279. The third kappa shape index (κ3) is 5.42. The maximum atomic E-state index is 12.4. The van der Waals surface area contributed by atoms with E-state index in [1.165, 1.54) is 25.5 Å².